The maximum atomic E-state index is 6.24. The first-order chi connectivity index (χ1) is 8.24. The lowest BCUT2D eigenvalue weighted by Gasteiger charge is -2.13. The van der Waals surface area contributed by atoms with Crippen molar-refractivity contribution in [1.82, 2.24) is 14.8 Å². The minimum absolute atomic E-state index is 0.205. The molecule has 17 heavy (non-hydrogen) atoms. The van der Waals surface area contributed by atoms with Crippen molar-refractivity contribution in [2.24, 2.45) is 5.73 Å². The molecule has 1 heterocycles. The number of rotatable bonds is 4. The highest BCUT2D eigenvalue weighted by Crippen LogP contribution is 2.18. The molecule has 0 amide bonds. The van der Waals surface area contributed by atoms with Crippen LogP contribution in [0.4, 0.5) is 0 Å². The average molecular weight is 230 g/mol. The number of aromatic nitrogens is 3. The van der Waals surface area contributed by atoms with Crippen molar-refractivity contribution in [1.29, 1.82) is 0 Å². The van der Waals surface area contributed by atoms with Gasteiger partial charge in [0.05, 0.1) is 6.04 Å². The summed E-state index contributed by atoms with van der Waals surface area (Å²) in [6, 6.07) is 9.79. The second kappa shape index (κ2) is 5.10. The molecule has 1 aromatic carbocycles. The summed E-state index contributed by atoms with van der Waals surface area (Å²) < 4.78 is 2.09. The Bertz CT molecular complexity index is 475. The van der Waals surface area contributed by atoms with Gasteiger partial charge in [0.15, 0.2) is 5.82 Å². The zero-order valence-electron chi connectivity index (χ0n) is 10.3. The van der Waals surface area contributed by atoms with Crippen molar-refractivity contribution >= 4 is 0 Å². The normalized spacial score (nSPS) is 12.6. The Hall–Kier alpha value is -1.68. The molecule has 0 radical (unpaired) electrons. The largest absolute Gasteiger partial charge is 0.318 e. The van der Waals surface area contributed by atoms with E-state index in [0.29, 0.717) is 0 Å². The smallest absolute Gasteiger partial charge is 0.154 e. The van der Waals surface area contributed by atoms with Gasteiger partial charge >= 0.3 is 0 Å². The molecule has 0 unspecified atom stereocenters. The predicted octanol–water partition coefficient (Wildman–Crippen LogP) is 2.04. The van der Waals surface area contributed by atoms with Crippen LogP contribution < -0.4 is 5.73 Å². The monoisotopic (exact) mass is 230 g/mol. The van der Waals surface area contributed by atoms with E-state index in [0.717, 1.165) is 30.2 Å². The van der Waals surface area contributed by atoms with E-state index in [1.165, 1.54) is 0 Å². The topological polar surface area (TPSA) is 56.7 Å². The highest BCUT2D eigenvalue weighted by Gasteiger charge is 2.17. The molecule has 1 atom stereocenters. The van der Waals surface area contributed by atoms with Gasteiger partial charge in [-0.2, -0.15) is 0 Å². The fraction of sp³-hybridized carbons (Fsp3) is 0.385. The van der Waals surface area contributed by atoms with Gasteiger partial charge < -0.3 is 10.3 Å². The van der Waals surface area contributed by atoms with E-state index >= 15 is 0 Å². The van der Waals surface area contributed by atoms with Crippen molar-refractivity contribution in [3.05, 3.63) is 47.5 Å². The van der Waals surface area contributed by atoms with Crippen molar-refractivity contribution in [3.63, 3.8) is 0 Å². The molecule has 1 aromatic heterocycles. The predicted molar refractivity (Wildman–Crippen MR) is 67.5 cm³/mol. The van der Waals surface area contributed by atoms with Gasteiger partial charge in [-0.05, 0) is 18.9 Å². The molecule has 0 fully saturated rings. The molecule has 2 N–H and O–H groups in total. The Morgan fingerprint density at radius 2 is 1.94 bits per heavy atom. The van der Waals surface area contributed by atoms with Crippen LogP contribution in [0.25, 0.3) is 0 Å². The third kappa shape index (κ3) is 2.36. The van der Waals surface area contributed by atoms with Crippen LogP contribution in [0.15, 0.2) is 30.3 Å². The summed E-state index contributed by atoms with van der Waals surface area (Å²) in [7, 11) is 0. The van der Waals surface area contributed by atoms with Crippen LogP contribution in [-0.4, -0.2) is 14.8 Å². The molecule has 0 aliphatic heterocycles. The van der Waals surface area contributed by atoms with Crippen LogP contribution >= 0.6 is 0 Å². The lowest BCUT2D eigenvalue weighted by atomic mass is 10.1. The Morgan fingerprint density at radius 3 is 2.59 bits per heavy atom. The van der Waals surface area contributed by atoms with Gasteiger partial charge in [-0.1, -0.05) is 37.3 Å². The SMILES string of the molecule is CCCn1c(C)nnc1[C@@H](N)c1ccccc1. The average Bonchev–Trinajstić information content (AvgIpc) is 2.72. The Balaban J connectivity index is 2.34. The molecule has 0 aliphatic carbocycles. The van der Waals surface area contributed by atoms with Crippen LogP contribution in [0.1, 0.15) is 36.6 Å². The number of hydrogen-bond acceptors (Lipinski definition) is 3. The zero-order chi connectivity index (χ0) is 12.3. The lowest BCUT2D eigenvalue weighted by molar-refractivity contribution is 0.600. The van der Waals surface area contributed by atoms with Gasteiger partial charge in [0.1, 0.15) is 5.82 Å². The van der Waals surface area contributed by atoms with Gasteiger partial charge in [-0.15, -0.1) is 10.2 Å². The third-order valence-electron chi connectivity index (χ3n) is 2.85. The van der Waals surface area contributed by atoms with Gasteiger partial charge in [-0.3, -0.25) is 0 Å². The van der Waals surface area contributed by atoms with Gasteiger partial charge in [0, 0.05) is 6.54 Å². The van der Waals surface area contributed by atoms with E-state index in [9.17, 15) is 0 Å². The van der Waals surface area contributed by atoms with Gasteiger partial charge in [0.25, 0.3) is 0 Å². The molecule has 0 saturated heterocycles. The summed E-state index contributed by atoms with van der Waals surface area (Å²) in [6.07, 6.45) is 1.05. The molecule has 0 spiro atoms. The van der Waals surface area contributed by atoms with Crippen LogP contribution in [-0.2, 0) is 6.54 Å². The van der Waals surface area contributed by atoms with Crippen LogP contribution in [0.2, 0.25) is 0 Å². The molecule has 0 bridgehead atoms. The minimum atomic E-state index is -0.205. The first kappa shape index (κ1) is 11.8. The van der Waals surface area contributed by atoms with E-state index < -0.39 is 0 Å². The second-order valence-electron chi connectivity index (χ2n) is 4.15. The molecular weight excluding hydrogens is 212 g/mol. The van der Waals surface area contributed by atoms with E-state index in [1.807, 2.05) is 37.3 Å². The molecule has 4 heteroatoms. The summed E-state index contributed by atoms with van der Waals surface area (Å²) >= 11 is 0. The van der Waals surface area contributed by atoms with Crippen LogP contribution in [0.3, 0.4) is 0 Å². The molecule has 90 valence electrons. The third-order valence-corrected chi connectivity index (χ3v) is 2.85. The Morgan fingerprint density at radius 1 is 1.24 bits per heavy atom. The quantitative estimate of drug-likeness (QED) is 0.874. The highest BCUT2D eigenvalue weighted by atomic mass is 15.3. The summed E-state index contributed by atoms with van der Waals surface area (Å²) in [5.74, 6) is 1.77. The van der Waals surface area contributed by atoms with E-state index in [-0.39, 0.29) is 6.04 Å². The maximum absolute atomic E-state index is 6.24. The van der Waals surface area contributed by atoms with Gasteiger partial charge in [-0.25, -0.2) is 0 Å². The zero-order valence-corrected chi connectivity index (χ0v) is 10.3. The van der Waals surface area contributed by atoms with Crippen LogP contribution in [0.5, 0.6) is 0 Å². The fourth-order valence-electron chi connectivity index (χ4n) is 1.94. The highest BCUT2D eigenvalue weighted by molar-refractivity contribution is 5.24. The maximum Gasteiger partial charge on any atom is 0.154 e. The Kier molecular flexibility index (Phi) is 3.54. The summed E-state index contributed by atoms with van der Waals surface area (Å²) in [5, 5.41) is 8.31. The summed E-state index contributed by atoms with van der Waals surface area (Å²) in [6.45, 7) is 5.01. The Labute approximate surface area is 101 Å². The van der Waals surface area contributed by atoms with E-state index in [1.54, 1.807) is 0 Å². The standard InChI is InChI=1S/C13H18N4/c1-3-9-17-10(2)15-16-13(17)12(14)11-7-5-4-6-8-11/h4-8,12H,3,9,14H2,1-2H3/t12-/m0/s1. The van der Waals surface area contributed by atoms with Crippen molar-refractivity contribution in [2.45, 2.75) is 32.9 Å². The number of nitrogens with zero attached hydrogens (tertiary/aromatic N) is 3. The first-order valence-electron chi connectivity index (χ1n) is 5.94. The number of benzene rings is 1. The number of nitrogens with two attached hydrogens (primary N) is 1. The minimum Gasteiger partial charge on any atom is -0.318 e. The molecule has 2 rings (SSSR count). The lowest BCUT2D eigenvalue weighted by Crippen LogP contribution is -2.18. The van der Waals surface area contributed by atoms with E-state index in [2.05, 4.69) is 21.7 Å². The first-order valence-corrected chi connectivity index (χ1v) is 5.94. The molecular formula is C13H18N4. The van der Waals surface area contributed by atoms with Crippen molar-refractivity contribution in [3.8, 4) is 0 Å². The molecule has 0 saturated carbocycles. The summed E-state index contributed by atoms with van der Waals surface area (Å²) in [4.78, 5) is 0. The van der Waals surface area contributed by atoms with Crippen LogP contribution in [0, 0.1) is 6.92 Å². The number of hydrogen-bond donors (Lipinski definition) is 1. The van der Waals surface area contributed by atoms with Gasteiger partial charge in [0.2, 0.25) is 0 Å². The second-order valence-corrected chi connectivity index (χ2v) is 4.15. The van der Waals surface area contributed by atoms with Crippen molar-refractivity contribution < 1.29 is 0 Å². The van der Waals surface area contributed by atoms with Crippen molar-refractivity contribution in [2.75, 3.05) is 0 Å². The molecule has 4 nitrogen and oxygen atoms in total. The number of aryl methyl sites for hydroxylation is 1. The fourth-order valence-corrected chi connectivity index (χ4v) is 1.94. The summed E-state index contributed by atoms with van der Waals surface area (Å²) in [5.41, 5.74) is 7.30. The van der Waals surface area contributed by atoms with E-state index in [4.69, 9.17) is 5.73 Å². The molecule has 0 aliphatic rings. The molecule has 2 aromatic rings.